The number of rotatable bonds is 1. The average Bonchev–Trinajstić information content (AvgIpc) is 2.17. The first-order valence-corrected chi connectivity index (χ1v) is 3.80. The minimum atomic E-state index is 0.464. The molecule has 2 nitrogen and oxygen atoms in total. The van der Waals surface area contributed by atoms with Gasteiger partial charge in [0.2, 0.25) is 0 Å². The maximum atomic E-state index is 8.55. The van der Waals surface area contributed by atoms with E-state index in [9.17, 15) is 0 Å². The largest absolute Gasteiger partial charge is 0.264 e. The second-order valence-electron chi connectivity index (χ2n) is 2.29. The summed E-state index contributed by atoms with van der Waals surface area (Å²) < 4.78 is 0. The molecule has 3 heteroatoms. The van der Waals surface area contributed by atoms with E-state index in [0.29, 0.717) is 10.6 Å². The lowest BCUT2D eigenvalue weighted by atomic mass is 10.2. The molecule has 0 aliphatic heterocycles. The van der Waals surface area contributed by atoms with Gasteiger partial charge in [-0.25, -0.2) is 0 Å². The first-order chi connectivity index (χ1) is 5.75. The highest BCUT2D eigenvalue weighted by molar-refractivity contribution is 6.49. The molecule has 1 heterocycles. The lowest BCUT2D eigenvalue weighted by molar-refractivity contribution is 1.31. The van der Waals surface area contributed by atoms with Crippen LogP contribution in [0.15, 0.2) is 30.1 Å². The second kappa shape index (κ2) is 3.89. The molecule has 1 aromatic heterocycles. The highest BCUT2D eigenvalue weighted by Crippen LogP contribution is 2.20. The third kappa shape index (κ3) is 1.84. The van der Waals surface area contributed by atoms with Crippen molar-refractivity contribution in [3.05, 3.63) is 35.7 Å². The highest BCUT2D eigenvalue weighted by Gasteiger charge is 2.00. The SMILES string of the molecule is C/C(C#N)=C(/Cl)c1cccnc1. The lowest BCUT2D eigenvalue weighted by Gasteiger charge is -1.97. The predicted octanol–water partition coefficient (Wildman–Crippen LogP) is 2.57. The first kappa shape index (κ1) is 8.76. The van der Waals surface area contributed by atoms with Gasteiger partial charge in [-0.1, -0.05) is 17.7 Å². The van der Waals surface area contributed by atoms with Gasteiger partial charge in [-0.15, -0.1) is 0 Å². The molecule has 0 spiro atoms. The van der Waals surface area contributed by atoms with E-state index in [-0.39, 0.29) is 0 Å². The molecule has 0 saturated heterocycles. The fourth-order valence-corrected chi connectivity index (χ4v) is 0.912. The molecule has 0 bridgehead atoms. The summed E-state index contributed by atoms with van der Waals surface area (Å²) in [7, 11) is 0. The Balaban J connectivity index is 3.11. The summed E-state index contributed by atoms with van der Waals surface area (Å²) in [5.41, 5.74) is 1.28. The van der Waals surface area contributed by atoms with Gasteiger partial charge in [-0.3, -0.25) is 4.98 Å². The fraction of sp³-hybridized carbons (Fsp3) is 0.111. The van der Waals surface area contributed by atoms with Crippen LogP contribution in [0, 0.1) is 11.3 Å². The number of pyridine rings is 1. The fourth-order valence-electron chi connectivity index (χ4n) is 0.758. The van der Waals surface area contributed by atoms with Crippen LogP contribution in [-0.4, -0.2) is 4.98 Å². The molecule has 0 saturated carbocycles. The molecule has 1 aromatic rings. The summed E-state index contributed by atoms with van der Waals surface area (Å²) in [6.45, 7) is 1.68. The Hall–Kier alpha value is -1.33. The zero-order valence-electron chi connectivity index (χ0n) is 6.58. The van der Waals surface area contributed by atoms with Gasteiger partial charge in [0, 0.05) is 23.5 Å². The van der Waals surface area contributed by atoms with E-state index in [0.717, 1.165) is 5.56 Å². The Morgan fingerprint density at radius 3 is 2.92 bits per heavy atom. The first-order valence-electron chi connectivity index (χ1n) is 3.42. The molecule has 60 valence electrons. The predicted molar refractivity (Wildman–Crippen MR) is 48.3 cm³/mol. The summed E-state index contributed by atoms with van der Waals surface area (Å²) in [4.78, 5) is 3.89. The lowest BCUT2D eigenvalue weighted by Crippen LogP contribution is -1.81. The van der Waals surface area contributed by atoms with Crippen molar-refractivity contribution in [3.63, 3.8) is 0 Å². The van der Waals surface area contributed by atoms with Crippen molar-refractivity contribution >= 4 is 16.6 Å². The van der Waals surface area contributed by atoms with Crippen LogP contribution >= 0.6 is 11.6 Å². The minimum absolute atomic E-state index is 0.464. The summed E-state index contributed by atoms with van der Waals surface area (Å²) in [5, 5.41) is 9.02. The number of hydrogen-bond donors (Lipinski definition) is 0. The van der Waals surface area contributed by atoms with E-state index in [1.54, 1.807) is 25.4 Å². The molecule has 0 aliphatic carbocycles. The van der Waals surface area contributed by atoms with Crippen LogP contribution < -0.4 is 0 Å². The van der Waals surface area contributed by atoms with E-state index in [2.05, 4.69) is 4.98 Å². The van der Waals surface area contributed by atoms with Crippen molar-refractivity contribution < 1.29 is 0 Å². The second-order valence-corrected chi connectivity index (χ2v) is 2.67. The van der Waals surface area contributed by atoms with Gasteiger partial charge < -0.3 is 0 Å². The molecule has 12 heavy (non-hydrogen) atoms. The van der Waals surface area contributed by atoms with Gasteiger partial charge in [0.05, 0.1) is 11.1 Å². The Morgan fingerprint density at radius 2 is 2.42 bits per heavy atom. The van der Waals surface area contributed by atoms with Crippen molar-refractivity contribution in [1.29, 1.82) is 5.26 Å². The number of aromatic nitrogens is 1. The van der Waals surface area contributed by atoms with Gasteiger partial charge in [0.15, 0.2) is 0 Å². The maximum absolute atomic E-state index is 8.55. The van der Waals surface area contributed by atoms with Gasteiger partial charge in [-0.05, 0) is 13.0 Å². The van der Waals surface area contributed by atoms with Gasteiger partial charge >= 0.3 is 0 Å². The zero-order valence-corrected chi connectivity index (χ0v) is 7.34. The molecule has 0 radical (unpaired) electrons. The van der Waals surface area contributed by atoms with Crippen LogP contribution in [-0.2, 0) is 0 Å². The number of allylic oxidation sites excluding steroid dienone is 1. The molecule has 0 atom stereocenters. The van der Waals surface area contributed by atoms with Crippen molar-refractivity contribution in [2.45, 2.75) is 6.92 Å². The van der Waals surface area contributed by atoms with Gasteiger partial charge in [0.1, 0.15) is 0 Å². The molecular weight excluding hydrogens is 172 g/mol. The smallest absolute Gasteiger partial charge is 0.0959 e. The molecular formula is C9H7ClN2. The average molecular weight is 179 g/mol. The van der Waals surface area contributed by atoms with E-state index in [1.165, 1.54) is 0 Å². The van der Waals surface area contributed by atoms with E-state index in [4.69, 9.17) is 16.9 Å². The number of hydrogen-bond acceptors (Lipinski definition) is 2. The molecule has 0 N–H and O–H groups in total. The van der Waals surface area contributed by atoms with Gasteiger partial charge in [-0.2, -0.15) is 5.26 Å². The van der Waals surface area contributed by atoms with Crippen LogP contribution in [0.25, 0.3) is 5.03 Å². The molecule has 0 aromatic carbocycles. The third-order valence-corrected chi connectivity index (χ3v) is 1.91. The summed E-state index contributed by atoms with van der Waals surface area (Å²) in [5.74, 6) is 0. The van der Waals surface area contributed by atoms with Crippen molar-refractivity contribution in [1.82, 2.24) is 4.98 Å². The zero-order chi connectivity index (χ0) is 8.97. The molecule has 0 unspecified atom stereocenters. The number of nitrogens with zero attached hydrogens (tertiary/aromatic N) is 2. The Bertz CT molecular complexity index is 335. The quantitative estimate of drug-likeness (QED) is 0.620. The van der Waals surface area contributed by atoms with Crippen LogP contribution in [0.5, 0.6) is 0 Å². The highest BCUT2D eigenvalue weighted by atomic mass is 35.5. The van der Waals surface area contributed by atoms with Crippen molar-refractivity contribution in [2.75, 3.05) is 0 Å². The third-order valence-electron chi connectivity index (χ3n) is 1.41. The van der Waals surface area contributed by atoms with Gasteiger partial charge in [0.25, 0.3) is 0 Å². The maximum Gasteiger partial charge on any atom is 0.0959 e. The number of nitriles is 1. The van der Waals surface area contributed by atoms with Crippen LogP contribution in [0.4, 0.5) is 0 Å². The van der Waals surface area contributed by atoms with Crippen molar-refractivity contribution in [3.8, 4) is 6.07 Å². The molecule has 0 amide bonds. The van der Waals surface area contributed by atoms with Crippen LogP contribution in [0.3, 0.4) is 0 Å². The normalized spacial score (nSPS) is 11.8. The van der Waals surface area contributed by atoms with E-state index < -0.39 is 0 Å². The summed E-state index contributed by atoms with van der Waals surface area (Å²) in [6.07, 6.45) is 3.29. The van der Waals surface area contributed by atoms with Crippen molar-refractivity contribution in [2.24, 2.45) is 0 Å². The van der Waals surface area contributed by atoms with Crippen LogP contribution in [0.1, 0.15) is 12.5 Å². The number of halogens is 1. The standard InChI is InChI=1S/C9H7ClN2/c1-7(5-11)9(10)8-3-2-4-12-6-8/h2-4,6H,1H3/b9-7-. The summed E-state index contributed by atoms with van der Waals surface area (Å²) in [6, 6.07) is 5.58. The molecule has 0 fully saturated rings. The van der Waals surface area contributed by atoms with Crippen LogP contribution in [0.2, 0.25) is 0 Å². The Kier molecular flexibility index (Phi) is 2.84. The van der Waals surface area contributed by atoms with E-state index in [1.807, 2.05) is 12.1 Å². The van der Waals surface area contributed by atoms with E-state index >= 15 is 0 Å². The Morgan fingerprint density at radius 1 is 1.67 bits per heavy atom. The molecule has 0 aliphatic rings. The monoisotopic (exact) mass is 178 g/mol. The topological polar surface area (TPSA) is 36.7 Å². The Labute approximate surface area is 76.1 Å². The minimum Gasteiger partial charge on any atom is -0.264 e. The summed E-state index contributed by atoms with van der Waals surface area (Å²) >= 11 is 5.87. The molecule has 1 rings (SSSR count).